The number of ether oxygens (including phenoxy) is 1. The third-order valence-corrected chi connectivity index (χ3v) is 3.76. The fourth-order valence-corrected chi connectivity index (χ4v) is 2.31. The fourth-order valence-electron chi connectivity index (χ4n) is 2.31. The molecule has 0 saturated heterocycles. The molecule has 0 bridgehead atoms. The molecule has 0 saturated carbocycles. The van der Waals surface area contributed by atoms with Crippen LogP contribution in [-0.4, -0.2) is 29.8 Å². The largest absolute Gasteiger partial charge is 0.504 e. The van der Waals surface area contributed by atoms with E-state index in [9.17, 15) is 28.2 Å². The number of methoxy groups -OCH3 is 1. The predicted molar refractivity (Wildman–Crippen MR) is 87.8 cm³/mol. The van der Waals surface area contributed by atoms with E-state index in [0.29, 0.717) is 12.2 Å². The SMILES string of the molecule is COc1cc(CCNC(=O)C(O)c2ccc(C(F)(F)F)cc2)ccc1O. The number of alkyl halides is 3. The van der Waals surface area contributed by atoms with E-state index in [1.54, 1.807) is 12.1 Å². The Morgan fingerprint density at radius 1 is 1.19 bits per heavy atom. The molecule has 0 aliphatic rings. The van der Waals surface area contributed by atoms with E-state index in [1.807, 2.05) is 0 Å². The first-order chi connectivity index (χ1) is 12.2. The molecule has 2 aromatic rings. The molecule has 2 rings (SSSR count). The van der Waals surface area contributed by atoms with Crippen LogP contribution in [0.25, 0.3) is 0 Å². The summed E-state index contributed by atoms with van der Waals surface area (Å²) in [4.78, 5) is 11.9. The Balaban J connectivity index is 1.91. The van der Waals surface area contributed by atoms with Crippen molar-refractivity contribution in [2.75, 3.05) is 13.7 Å². The molecule has 0 spiro atoms. The van der Waals surface area contributed by atoms with Crippen LogP contribution in [0.1, 0.15) is 22.8 Å². The summed E-state index contributed by atoms with van der Waals surface area (Å²) in [5, 5.41) is 22.0. The summed E-state index contributed by atoms with van der Waals surface area (Å²) in [5.41, 5.74) is 0.0147. The average Bonchev–Trinajstić information content (AvgIpc) is 2.61. The molecule has 0 heterocycles. The monoisotopic (exact) mass is 369 g/mol. The first kappa shape index (κ1) is 19.6. The molecular formula is C18H18F3NO4. The summed E-state index contributed by atoms with van der Waals surface area (Å²) in [5.74, 6) is -0.410. The van der Waals surface area contributed by atoms with Gasteiger partial charge in [-0.15, -0.1) is 0 Å². The Hall–Kier alpha value is -2.74. The van der Waals surface area contributed by atoms with Crippen LogP contribution in [0, 0.1) is 0 Å². The maximum absolute atomic E-state index is 12.5. The molecular weight excluding hydrogens is 351 g/mol. The van der Waals surface area contributed by atoms with Crippen LogP contribution < -0.4 is 10.1 Å². The van der Waals surface area contributed by atoms with Gasteiger partial charge in [0.25, 0.3) is 5.91 Å². The van der Waals surface area contributed by atoms with E-state index >= 15 is 0 Å². The highest BCUT2D eigenvalue weighted by molar-refractivity contribution is 5.81. The Labute approximate surface area is 148 Å². The lowest BCUT2D eigenvalue weighted by molar-refractivity contribution is -0.137. The smallest absolute Gasteiger partial charge is 0.416 e. The summed E-state index contributed by atoms with van der Waals surface area (Å²) < 4.78 is 42.5. The lowest BCUT2D eigenvalue weighted by Gasteiger charge is -2.13. The lowest BCUT2D eigenvalue weighted by atomic mass is 10.1. The average molecular weight is 369 g/mol. The number of benzene rings is 2. The topological polar surface area (TPSA) is 78.8 Å². The van der Waals surface area contributed by atoms with Crippen molar-refractivity contribution in [1.29, 1.82) is 0 Å². The van der Waals surface area contributed by atoms with Crippen molar-refractivity contribution in [3.05, 3.63) is 59.2 Å². The number of carbonyl (C=O) groups is 1. The molecule has 0 aromatic heterocycles. The minimum atomic E-state index is -4.48. The van der Waals surface area contributed by atoms with Crippen molar-refractivity contribution in [3.63, 3.8) is 0 Å². The molecule has 26 heavy (non-hydrogen) atoms. The van der Waals surface area contributed by atoms with Crippen molar-refractivity contribution in [1.82, 2.24) is 5.32 Å². The summed E-state index contributed by atoms with van der Waals surface area (Å²) in [6.45, 7) is 0.199. The van der Waals surface area contributed by atoms with E-state index in [1.165, 1.54) is 13.2 Å². The Kier molecular flexibility index (Phi) is 6.10. The number of aliphatic hydroxyl groups excluding tert-OH is 1. The maximum atomic E-state index is 12.5. The van der Waals surface area contributed by atoms with Gasteiger partial charge in [-0.05, 0) is 41.8 Å². The zero-order valence-corrected chi connectivity index (χ0v) is 13.9. The molecule has 1 atom stereocenters. The third-order valence-electron chi connectivity index (χ3n) is 3.76. The molecule has 5 nitrogen and oxygen atoms in total. The van der Waals surface area contributed by atoms with Crippen LogP contribution in [0.15, 0.2) is 42.5 Å². The second-order valence-corrected chi connectivity index (χ2v) is 5.57. The minimum Gasteiger partial charge on any atom is -0.504 e. The standard InChI is InChI=1S/C18H18F3NO4/c1-26-15-10-11(2-7-14(15)23)8-9-22-17(25)16(24)12-3-5-13(6-4-12)18(19,20)21/h2-7,10,16,23-24H,8-9H2,1H3,(H,22,25). The second kappa shape index (κ2) is 8.09. The summed E-state index contributed by atoms with van der Waals surface area (Å²) in [6.07, 6.45) is -5.62. The van der Waals surface area contributed by atoms with Gasteiger partial charge in [0.2, 0.25) is 0 Å². The first-order valence-corrected chi connectivity index (χ1v) is 7.71. The van der Waals surface area contributed by atoms with Gasteiger partial charge >= 0.3 is 6.18 Å². The van der Waals surface area contributed by atoms with Crippen molar-refractivity contribution in [2.24, 2.45) is 0 Å². The van der Waals surface area contributed by atoms with Crippen molar-refractivity contribution >= 4 is 5.91 Å². The predicted octanol–water partition coefficient (Wildman–Crippen LogP) is 2.81. The number of halogens is 3. The van der Waals surface area contributed by atoms with Gasteiger partial charge in [-0.2, -0.15) is 13.2 Å². The highest BCUT2D eigenvalue weighted by Crippen LogP contribution is 2.30. The number of hydrogen-bond acceptors (Lipinski definition) is 4. The molecule has 2 aromatic carbocycles. The normalized spacial score (nSPS) is 12.5. The quantitative estimate of drug-likeness (QED) is 0.732. The molecule has 1 unspecified atom stereocenters. The van der Waals surface area contributed by atoms with Gasteiger partial charge in [0.15, 0.2) is 17.6 Å². The van der Waals surface area contributed by atoms with E-state index < -0.39 is 23.8 Å². The molecule has 3 N–H and O–H groups in total. The highest BCUT2D eigenvalue weighted by atomic mass is 19.4. The molecule has 140 valence electrons. The highest BCUT2D eigenvalue weighted by Gasteiger charge is 2.30. The van der Waals surface area contributed by atoms with Gasteiger partial charge < -0.3 is 20.3 Å². The number of phenols is 1. The fraction of sp³-hybridized carbons (Fsp3) is 0.278. The molecule has 0 radical (unpaired) electrons. The number of hydrogen-bond donors (Lipinski definition) is 3. The van der Waals surface area contributed by atoms with Gasteiger partial charge in [-0.3, -0.25) is 4.79 Å². The number of nitrogens with one attached hydrogen (secondary N) is 1. The van der Waals surface area contributed by atoms with Crippen LogP contribution in [0.5, 0.6) is 11.5 Å². The van der Waals surface area contributed by atoms with Crippen LogP contribution in [0.2, 0.25) is 0 Å². The van der Waals surface area contributed by atoms with Gasteiger partial charge in [-0.25, -0.2) is 0 Å². The number of aromatic hydroxyl groups is 1. The van der Waals surface area contributed by atoms with E-state index in [4.69, 9.17) is 4.74 Å². The number of rotatable bonds is 6. The number of amides is 1. The van der Waals surface area contributed by atoms with E-state index in [-0.39, 0.29) is 17.9 Å². The van der Waals surface area contributed by atoms with Crippen LogP contribution in [0.4, 0.5) is 13.2 Å². The van der Waals surface area contributed by atoms with Crippen LogP contribution >= 0.6 is 0 Å². The minimum absolute atomic E-state index is 0.00184. The maximum Gasteiger partial charge on any atom is 0.416 e. The Morgan fingerprint density at radius 2 is 1.85 bits per heavy atom. The van der Waals surface area contributed by atoms with Gasteiger partial charge in [0.05, 0.1) is 12.7 Å². The molecule has 0 aliphatic carbocycles. The second-order valence-electron chi connectivity index (χ2n) is 5.57. The third kappa shape index (κ3) is 4.89. The van der Waals surface area contributed by atoms with Crippen molar-refractivity contribution in [2.45, 2.75) is 18.7 Å². The Bertz CT molecular complexity index is 760. The zero-order valence-electron chi connectivity index (χ0n) is 13.9. The van der Waals surface area contributed by atoms with Crippen molar-refractivity contribution in [3.8, 4) is 11.5 Å². The number of carbonyl (C=O) groups excluding carboxylic acids is 1. The van der Waals surface area contributed by atoms with Crippen LogP contribution in [0.3, 0.4) is 0 Å². The van der Waals surface area contributed by atoms with Crippen molar-refractivity contribution < 1.29 is 32.9 Å². The molecule has 0 aliphatic heterocycles. The molecule has 1 amide bonds. The molecule has 8 heteroatoms. The number of aliphatic hydroxyl groups is 1. The summed E-state index contributed by atoms with van der Waals surface area (Å²) in [7, 11) is 1.42. The summed E-state index contributed by atoms with van der Waals surface area (Å²) in [6, 6.07) is 8.51. The Morgan fingerprint density at radius 3 is 2.42 bits per heavy atom. The first-order valence-electron chi connectivity index (χ1n) is 7.71. The van der Waals surface area contributed by atoms with Gasteiger partial charge in [0.1, 0.15) is 0 Å². The van der Waals surface area contributed by atoms with E-state index in [2.05, 4.69) is 5.32 Å². The van der Waals surface area contributed by atoms with Gasteiger partial charge in [-0.1, -0.05) is 18.2 Å². The molecule has 0 fully saturated rings. The number of phenolic OH excluding ortho intramolecular Hbond substituents is 1. The lowest BCUT2D eigenvalue weighted by Crippen LogP contribution is -2.31. The summed E-state index contributed by atoms with van der Waals surface area (Å²) >= 11 is 0. The van der Waals surface area contributed by atoms with Gasteiger partial charge in [0, 0.05) is 6.54 Å². The zero-order chi connectivity index (χ0) is 19.3. The van der Waals surface area contributed by atoms with Crippen LogP contribution in [-0.2, 0) is 17.4 Å². The van der Waals surface area contributed by atoms with E-state index in [0.717, 1.165) is 29.8 Å².